The standard InChI is InChI=1S/C22H19NO5/c1-13(24)15-3-4-16-17-10-20(26-2)21(27-12-14-5-7-23-8-6-14)11-19(17)28-22(25)18(16)9-15/h3-11,22,25H,12H2,1-2H3. The zero-order valence-corrected chi connectivity index (χ0v) is 15.5. The molecule has 28 heavy (non-hydrogen) atoms. The number of aliphatic hydroxyl groups excluding tert-OH is 1. The number of ether oxygens (including phenoxy) is 3. The zero-order chi connectivity index (χ0) is 19.7. The summed E-state index contributed by atoms with van der Waals surface area (Å²) in [6.07, 6.45) is 2.24. The van der Waals surface area contributed by atoms with Gasteiger partial charge in [0.05, 0.1) is 7.11 Å². The number of hydrogen-bond acceptors (Lipinski definition) is 6. The molecule has 6 heteroatoms. The fraction of sp³-hybridized carbons (Fsp3) is 0.182. The van der Waals surface area contributed by atoms with Crippen LogP contribution in [0.25, 0.3) is 11.1 Å². The third-order valence-electron chi connectivity index (χ3n) is 4.66. The number of pyridine rings is 1. The summed E-state index contributed by atoms with van der Waals surface area (Å²) in [5, 5.41) is 10.4. The molecular weight excluding hydrogens is 358 g/mol. The smallest absolute Gasteiger partial charge is 0.224 e. The molecule has 3 aromatic rings. The number of carbonyl (C=O) groups excluding carboxylic acids is 1. The van der Waals surface area contributed by atoms with Gasteiger partial charge in [-0.3, -0.25) is 9.78 Å². The third kappa shape index (κ3) is 3.30. The van der Waals surface area contributed by atoms with Gasteiger partial charge in [0.2, 0.25) is 6.29 Å². The molecule has 0 saturated heterocycles. The van der Waals surface area contributed by atoms with Crippen molar-refractivity contribution < 1.29 is 24.1 Å². The largest absolute Gasteiger partial charge is 0.493 e. The Labute approximate surface area is 162 Å². The predicted octanol–water partition coefficient (Wildman–Crippen LogP) is 3.92. The lowest BCUT2D eigenvalue weighted by Crippen LogP contribution is -2.14. The number of benzene rings is 2. The maximum atomic E-state index is 11.7. The Morgan fingerprint density at radius 1 is 1.11 bits per heavy atom. The minimum absolute atomic E-state index is 0.0711. The van der Waals surface area contributed by atoms with Crippen molar-refractivity contribution in [2.75, 3.05) is 7.11 Å². The Kier molecular flexibility index (Phi) is 4.71. The van der Waals surface area contributed by atoms with Gasteiger partial charge in [-0.15, -0.1) is 0 Å². The topological polar surface area (TPSA) is 77.9 Å². The van der Waals surface area contributed by atoms with Gasteiger partial charge in [0.15, 0.2) is 17.3 Å². The second-order valence-electron chi connectivity index (χ2n) is 6.47. The molecule has 6 nitrogen and oxygen atoms in total. The van der Waals surface area contributed by atoms with Crippen LogP contribution in [-0.4, -0.2) is 23.0 Å². The normalized spacial score (nSPS) is 14.5. The summed E-state index contributed by atoms with van der Waals surface area (Å²) in [4.78, 5) is 15.6. The predicted molar refractivity (Wildman–Crippen MR) is 103 cm³/mol. The number of methoxy groups -OCH3 is 1. The molecule has 0 bridgehead atoms. The number of ketones is 1. The average molecular weight is 377 g/mol. The van der Waals surface area contributed by atoms with Crippen molar-refractivity contribution in [1.29, 1.82) is 0 Å². The summed E-state index contributed by atoms with van der Waals surface area (Å²) >= 11 is 0. The van der Waals surface area contributed by atoms with Crippen molar-refractivity contribution in [1.82, 2.24) is 4.98 Å². The highest BCUT2D eigenvalue weighted by atomic mass is 16.6. The van der Waals surface area contributed by atoms with Crippen molar-refractivity contribution in [2.24, 2.45) is 0 Å². The molecule has 0 saturated carbocycles. The SMILES string of the molecule is COc1cc2c(cc1OCc1ccncc1)OC(O)c1cc(C(C)=O)ccc1-2. The second kappa shape index (κ2) is 7.32. The molecule has 1 unspecified atom stereocenters. The van der Waals surface area contributed by atoms with E-state index in [9.17, 15) is 9.90 Å². The Morgan fingerprint density at radius 2 is 1.89 bits per heavy atom. The molecule has 0 spiro atoms. The maximum absolute atomic E-state index is 11.7. The molecule has 0 radical (unpaired) electrons. The van der Waals surface area contributed by atoms with Crippen molar-refractivity contribution in [3.05, 3.63) is 71.5 Å². The van der Waals surface area contributed by atoms with Gasteiger partial charge in [0.25, 0.3) is 0 Å². The van der Waals surface area contributed by atoms with Crippen LogP contribution in [0, 0.1) is 0 Å². The molecular formula is C22H19NO5. The highest BCUT2D eigenvalue weighted by molar-refractivity contribution is 5.95. The minimum atomic E-state index is -1.16. The average Bonchev–Trinajstić information content (AvgIpc) is 2.72. The van der Waals surface area contributed by atoms with E-state index in [1.165, 1.54) is 6.92 Å². The van der Waals surface area contributed by atoms with Crippen molar-refractivity contribution in [3.8, 4) is 28.4 Å². The summed E-state index contributed by atoms with van der Waals surface area (Å²) < 4.78 is 17.1. The Morgan fingerprint density at radius 3 is 2.61 bits per heavy atom. The number of aromatic nitrogens is 1. The van der Waals surface area contributed by atoms with E-state index in [-0.39, 0.29) is 5.78 Å². The van der Waals surface area contributed by atoms with E-state index in [0.717, 1.165) is 16.7 Å². The molecule has 0 amide bonds. The van der Waals surface area contributed by atoms with Crippen LogP contribution >= 0.6 is 0 Å². The van der Waals surface area contributed by atoms with Crippen LogP contribution in [-0.2, 0) is 6.61 Å². The Bertz CT molecular complexity index is 1030. The molecule has 2 heterocycles. The summed E-state index contributed by atoms with van der Waals surface area (Å²) in [7, 11) is 1.57. The number of rotatable bonds is 5. The second-order valence-corrected chi connectivity index (χ2v) is 6.47. The van der Waals surface area contributed by atoms with Crippen LogP contribution in [0.4, 0.5) is 0 Å². The molecule has 1 aliphatic rings. The van der Waals surface area contributed by atoms with Gasteiger partial charge in [0, 0.05) is 35.2 Å². The van der Waals surface area contributed by atoms with E-state index >= 15 is 0 Å². The number of Topliss-reactive ketones (excluding diaryl/α,β-unsaturated/α-hetero) is 1. The van der Waals surface area contributed by atoms with Gasteiger partial charge in [-0.05, 0) is 42.3 Å². The first kappa shape index (κ1) is 18.0. The monoisotopic (exact) mass is 377 g/mol. The molecule has 1 aromatic heterocycles. The van der Waals surface area contributed by atoms with Gasteiger partial charge in [-0.2, -0.15) is 0 Å². The zero-order valence-electron chi connectivity index (χ0n) is 15.5. The highest BCUT2D eigenvalue weighted by Crippen LogP contribution is 2.47. The van der Waals surface area contributed by atoms with Gasteiger partial charge in [-0.25, -0.2) is 0 Å². The van der Waals surface area contributed by atoms with E-state index in [4.69, 9.17) is 14.2 Å². The van der Waals surface area contributed by atoms with E-state index in [0.29, 0.717) is 35.0 Å². The Hall–Kier alpha value is -3.38. The van der Waals surface area contributed by atoms with Crippen LogP contribution in [0.3, 0.4) is 0 Å². The third-order valence-corrected chi connectivity index (χ3v) is 4.66. The fourth-order valence-corrected chi connectivity index (χ4v) is 3.18. The van der Waals surface area contributed by atoms with E-state index in [2.05, 4.69) is 4.98 Å². The van der Waals surface area contributed by atoms with E-state index in [1.807, 2.05) is 24.3 Å². The summed E-state index contributed by atoms with van der Waals surface area (Å²) in [5.41, 5.74) is 3.60. The molecule has 4 rings (SSSR count). The summed E-state index contributed by atoms with van der Waals surface area (Å²) in [6, 6.07) is 12.5. The first-order chi connectivity index (χ1) is 13.6. The lowest BCUT2D eigenvalue weighted by Gasteiger charge is -2.27. The highest BCUT2D eigenvalue weighted by Gasteiger charge is 2.27. The number of hydrogen-bond donors (Lipinski definition) is 1. The first-order valence-corrected chi connectivity index (χ1v) is 8.80. The van der Waals surface area contributed by atoms with Crippen molar-refractivity contribution in [3.63, 3.8) is 0 Å². The van der Waals surface area contributed by atoms with E-state index < -0.39 is 6.29 Å². The summed E-state index contributed by atoms with van der Waals surface area (Å²) in [6.45, 7) is 1.83. The molecule has 1 atom stereocenters. The molecule has 1 N–H and O–H groups in total. The minimum Gasteiger partial charge on any atom is -0.493 e. The number of aliphatic hydroxyl groups is 1. The lowest BCUT2D eigenvalue weighted by molar-refractivity contribution is -0.0215. The first-order valence-electron chi connectivity index (χ1n) is 8.80. The maximum Gasteiger partial charge on any atom is 0.224 e. The van der Waals surface area contributed by atoms with Crippen LogP contribution in [0.15, 0.2) is 54.9 Å². The number of fused-ring (bicyclic) bond motifs is 3. The van der Waals surface area contributed by atoms with Crippen LogP contribution in [0.2, 0.25) is 0 Å². The molecule has 2 aromatic carbocycles. The quantitative estimate of drug-likeness (QED) is 0.679. The van der Waals surface area contributed by atoms with Crippen LogP contribution in [0.1, 0.15) is 34.7 Å². The van der Waals surface area contributed by atoms with Crippen LogP contribution < -0.4 is 14.2 Å². The fourth-order valence-electron chi connectivity index (χ4n) is 3.18. The van der Waals surface area contributed by atoms with Gasteiger partial charge >= 0.3 is 0 Å². The van der Waals surface area contributed by atoms with E-state index in [1.54, 1.807) is 37.7 Å². The van der Waals surface area contributed by atoms with Crippen molar-refractivity contribution >= 4 is 5.78 Å². The van der Waals surface area contributed by atoms with Crippen molar-refractivity contribution in [2.45, 2.75) is 19.8 Å². The molecule has 0 fully saturated rings. The lowest BCUT2D eigenvalue weighted by atomic mass is 9.93. The van der Waals surface area contributed by atoms with Gasteiger partial charge < -0.3 is 19.3 Å². The number of nitrogens with zero attached hydrogens (tertiary/aromatic N) is 1. The molecule has 142 valence electrons. The van der Waals surface area contributed by atoms with Gasteiger partial charge in [0.1, 0.15) is 12.4 Å². The van der Waals surface area contributed by atoms with Gasteiger partial charge in [-0.1, -0.05) is 12.1 Å². The van der Waals surface area contributed by atoms with Crippen LogP contribution in [0.5, 0.6) is 17.2 Å². The Balaban J connectivity index is 1.71. The summed E-state index contributed by atoms with van der Waals surface area (Å²) in [5.74, 6) is 1.47. The molecule has 0 aliphatic carbocycles. The number of carbonyl (C=O) groups is 1. The molecule has 1 aliphatic heterocycles.